The normalized spacial score (nSPS) is 36.8. The van der Waals surface area contributed by atoms with Gasteiger partial charge < -0.3 is 104 Å². The van der Waals surface area contributed by atoms with Crippen molar-refractivity contribution in [3.63, 3.8) is 0 Å². The molecule has 0 aliphatic carbocycles. The first kappa shape index (κ1) is 40.7. The van der Waals surface area contributed by atoms with E-state index in [1.54, 1.807) is 0 Å². The van der Waals surface area contributed by atoms with Crippen LogP contribution in [-0.4, -0.2) is 183 Å². The fourth-order valence-corrected chi connectivity index (χ4v) is 6.36. The molecule has 22 nitrogen and oxygen atoms in total. The molecule has 3 aliphatic heterocycles. The molecule has 55 heavy (non-hydrogen) atoms. The van der Waals surface area contributed by atoms with Gasteiger partial charge in [0.15, 0.2) is 23.5 Å². The Kier molecular flexibility index (Phi) is 12.0. The predicted molar refractivity (Wildman–Crippen MR) is 174 cm³/mol. The fourth-order valence-electron chi connectivity index (χ4n) is 6.36. The summed E-state index contributed by atoms with van der Waals surface area (Å²) in [5.74, 6) is -3.74. The first-order valence-electron chi connectivity index (χ1n) is 16.7. The van der Waals surface area contributed by atoms with Crippen molar-refractivity contribution in [2.24, 2.45) is 0 Å². The van der Waals surface area contributed by atoms with Crippen molar-refractivity contribution in [2.75, 3.05) is 19.8 Å². The van der Waals surface area contributed by atoms with Gasteiger partial charge in [0.2, 0.25) is 23.8 Å². The van der Waals surface area contributed by atoms with E-state index < -0.39 is 157 Å². The highest BCUT2D eigenvalue weighted by molar-refractivity contribution is 5.88. The van der Waals surface area contributed by atoms with Crippen LogP contribution in [0.25, 0.3) is 22.3 Å². The molecule has 0 unspecified atom stereocenters. The number of aromatic hydroxyl groups is 3. The van der Waals surface area contributed by atoms with Gasteiger partial charge in [0, 0.05) is 17.7 Å². The van der Waals surface area contributed by atoms with Gasteiger partial charge in [-0.1, -0.05) is 0 Å². The Morgan fingerprint density at radius 1 is 0.564 bits per heavy atom. The number of hydrogen-bond acceptors (Lipinski definition) is 22. The molecule has 3 saturated heterocycles. The van der Waals surface area contributed by atoms with E-state index in [0.717, 1.165) is 24.3 Å². The number of aliphatic hydroxyl groups excluding tert-OH is 11. The molecule has 15 atom stereocenters. The van der Waals surface area contributed by atoms with Crippen molar-refractivity contribution in [3.8, 4) is 40.1 Å². The third kappa shape index (κ3) is 7.63. The Morgan fingerprint density at radius 3 is 1.71 bits per heavy atom. The summed E-state index contributed by atoms with van der Waals surface area (Å²) in [6.07, 6.45) is -26.7. The number of aliphatic hydroxyl groups is 11. The maximum Gasteiger partial charge on any atom is 0.239 e. The highest BCUT2D eigenvalue weighted by Gasteiger charge is 2.51. The van der Waals surface area contributed by atoms with E-state index >= 15 is 0 Å². The number of ether oxygens (including phenoxy) is 6. The highest BCUT2D eigenvalue weighted by Crippen LogP contribution is 2.40. The molecule has 0 bridgehead atoms. The quantitative estimate of drug-likeness (QED) is 0.0853. The van der Waals surface area contributed by atoms with Crippen molar-refractivity contribution in [2.45, 2.75) is 92.1 Å². The summed E-state index contributed by atoms with van der Waals surface area (Å²) in [4.78, 5) is 14.1. The van der Waals surface area contributed by atoms with E-state index in [1.165, 1.54) is 6.07 Å². The molecule has 4 heterocycles. The Bertz CT molecular complexity index is 1870. The third-order valence-electron chi connectivity index (χ3n) is 9.44. The number of phenols is 3. The lowest BCUT2D eigenvalue weighted by atomic mass is 9.97. The molecule has 6 rings (SSSR count). The zero-order valence-electron chi connectivity index (χ0n) is 28.2. The van der Waals surface area contributed by atoms with E-state index in [4.69, 9.17) is 32.8 Å². The van der Waals surface area contributed by atoms with Gasteiger partial charge in [-0.2, -0.15) is 0 Å². The average Bonchev–Trinajstić information content (AvgIpc) is 3.16. The molecule has 22 heteroatoms. The predicted octanol–water partition coefficient (Wildman–Crippen LogP) is -5.24. The average molecular weight is 789 g/mol. The van der Waals surface area contributed by atoms with Gasteiger partial charge in [0.05, 0.1) is 19.8 Å². The molecule has 3 fully saturated rings. The summed E-state index contributed by atoms with van der Waals surface area (Å²) in [6.45, 7) is -2.53. The third-order valence-corrected chi connectivity index (χ3v) is 9.44. The minimum Gasteiger partial charge on any atom is -0.507 e. The second-order valence-corrected chi connectivity index (χ2v) is 13.0. The van der Waals surface area contributed by atoms with Crippen molar-refractivity contribution in [3.05, 3.63) is 40.6 Å². The van der Waals surface area contributed by atoms with Crippen LogP contribution in [0.3, 0.4) is 0 Å². The van der Waals surface area contributed by atoms with Crippen LogP contribution in [-0.2, 0) is 18.9 Å². The van der Waals surface area contributed by atoms with E-state index in [-0.39, 0.29) is 11.3 Å². The van der Waals surface area contributed by atoms with Crippen molar-refractivity contribution in [1.29, 1.82) is 0 Å². The Morgan fingerprint density at radius 2 is 1.11 bits per heavy atom. The molecule has 0 radical (unpaired) electrons. The van der Waals surface area contributed by atoms with Crippen LogP contribution in [0.1, 0.15) is 0 Å². The maximum atomic E-state index is 14.1. The van der Waals surface area contributed by atoms with E-state index in [1.807, 2.05) is 0 Å². The minimum atomic E-state index is -2.13. The second-order valence-electron chi connectivity index (χ2n) is 13.0. The maximum absolute atomic E-state index is 14.1. The standard InChI is InChI=1S/C33H40O22/c34-6-15-19(40)22(43)25(46)31(51-15)49-10-4-13(39)18-14(5-10)50-28(9-1-2-11(37)12(38)3-9)30(21(18)42)55-33-27(48)24(45)29(17(8-36)53-33)54-32-26(47)23(44)20(41)16(7-35)52-32/h1-5,15-17,19-20,22-27,29,31-41,43-48H,6-8H2/t15-,16-,17-,19-,20-,22+,23+,24-,25-,26-,27-,29-,31-,32+,33+/m1/s1. The molecule has 304 valence electrons. The highest BCUT2D eigenvalue weighted by atomic mass is 16.7. The number of fused-ring (bicyclic) bond motifs is 1. The summed E-state index contributed by atoms with van der Waals surface area (Å²) < 4.78 is 39.0. The first-order chi connectivity index (χ1) is 26.1. The van der Waals surface area contributed by atoms with Gasteiger partial charge in [0.1, 0.15) is 95.7 Å². The molecule has 14 N–H and O–H groups in total. The minimum absolute atomic E-state index is 0.141. The Labute approximate surface area is 307 Å². The van der Waals surface area contributed by atoms with Crippen LogP contribution in [0.5, 0.6) is 28.7 Å². The zero-order chi connectivity index (χ0) is 40.0. The SMILES string of the molecule is O=c1c(O[C@@H]2O[C@H](CO)[C@@H](O[C@@H]3O[C@H](CO)[C@@H](O)[C@H](O)[C@H]3O)[C@H](O)[C@H]2O)c(-c2ccc(O)c(O)c2)oc2cc(O[C@@H]3O[C@H](CO)[C@@H](O)[C@H](O)[C@H]3O)cc(O)c12. The zero-order valence-corrected chi connectivity index (χ0v) is 28.2. The second kappa shape index (κ2) is 16.3. The number of benzene rings is 2. The van der Waals surface area contributed by atoms with Gasteiger partial charge in [0.25, 0.3) is 0 Å². The van der Waals surface area contributed by atoms with Gasteiger partial charge in [-0.25, -0.2) is 0 Å². The van der Waals surface area contributed by atoms with Crippen molar-refractivity contribution in [1.82, 2.24) is 0 Å². The van der Waals surface area contributed by atoms with Crippen LogP contribution in [0.2, 0.25) is 0 Å². The molecule has 3 aliphatic rings. The Hall–Kier alpha value is -3.95. The smallest absolute Gasteiger partial charge is 0.239 e. The fraction of sp³-hybridized carbons (Fsp3) is 0.545. The topological polar surface area (TPSA) is 369 Å². The van der Waals surface area contributed by atoms with Gasteiger partial charge >= 0.3 is 0 Å². The lowest BCUT2D eigenvalue weighted by molar-refractivity contribution is -0.352. The molecule has 3 aromatic rings. The number of rotatable bonds is 10. The molecular formula is C33H40O22. The molecule has 1 aromatic heterocycles. The summed E-state index contributed by atoms with van der Waals surface area (Å²) in [7, 11) is 0. The van der Waals surface area contributed by atoms with Crippen molar-refractivity contribution >= 4 is 11.0 Å². The van der Waals surface area contributed by atoms with Gasteiger partial charge in [-0.15, -0.1) is 0 Å². The summed E-state index contributed by atoms with van der Waals surface area (Å²) >= 11 is 0. The lowest BCUT2D eigenvalue weighted by Crippen LogP contribution is -2.65. The van der Waals surface area contributed by atoms with Crippen LogP contribution in [0, 0.1) is 0 Å². The van der Waals surface area contributed by atoms with E-state index in [9.17, 15) is 76.3 Å². The summed E-state index contributed by atoms with van der Waals surface area (Å²) in [5.41, 5.74) is -1.71. The van der Waals surface area contributed by atoms with Gasteiger partial charge in [-0.3, -0.25) is 4.79 Å². The lowest BCUT2D eigenvalue weighted by Gasteiger charge is -2.45. The van der Waals surface area contributed by atoms with Crippen LogP contribution in [0.15, 0.2) is 39.5 Å². The van der Waals surface area contributed by atoms with E-state index in [0.29, 0.717) is 0 Å². The van der Waals surface area contributed by atoms with E-state index in [2.05, 4.69) is 0 Å². The van der Waals surface area contributed by atoms with Crippen molar-refractivity contribution < 1.29 is 104 Å². The number of phenolic OH excluding ortho intramolecular Hbond substituents is 3. The summed E-state index contributed by atoms with van der Waals surface area (Å²) in [5, 5.41) is 143. The molecule has 0 amide bonds. The first-order valence-corrected chi connectivity index (χ1v) is 16.7. The monoisotopic (exact) mass is 788 g/mol. The van der Waals surface area contributed by atoms with Gasteiger partial charge in [-0.05, 0) is 18.2 Å². The summed E-state index contributed by atoms with van der Waals surface area (Å²) in [6, 6.07) is 5.08. The van der Waals surface area contributed by atoms with Crippen LogP contribution >= 0.6 is 0 Å². The molecular weight excluding hydrogens is 748 g/mol. The molecule has 0 spiro atoms. The molecule has 2 aromatic carbocycles. The number of hydrogen-bond donors (Lipinski definition) is 14. The van der Waals surface area contributed by atoms with Crippen LogP contribution < -0.4 is 14.9 Å². The molecule has 0 saturated carbocycles. The Balaban J connectivity index is 1.34. The van der Waals surface area contributed by atoms with Crippen LogP contribution in [0.4, 0.5) is 0 Å². The largest absolute Gasteiger partial charge is 0.507 e.